The van der Waals surface area contributed by atoms with E-state index in [4.69, 9.17) is 0 Å². The van der Waals surface area contributed by atoms with Gasteiger partial charge in [0.25, 0.3) is 0 Å². The van der Waals surface area contributed by atoms with Gasteiger partial charge in [-0.15, -0.1) is 10.2 Å². The minimum Gasteiger partial charge on any atom is -0.504 e. The van der Waals surface area contributed by atoms with Crippen LogP contribution in [0.25, 0.3) is 0 Å². The Morgan fingerprint density at radius 3 is 2.74 bits per heavy atom. The lowest BCUT2D eigenvalue weighted by Crippen LogP contribution is -2.10. The van der Waals surface area contributed by atoms with E-state index < -0.39 is 0 Å². The van der Waals surface area contributed by atoms with Gasteiger partial charge in [0.15, 0.2) is 11.5 Å². The van der Waals surface area contributed by atoms with Gasteiger partial charge in [0.2, 0.25) is 11.9 Å². The predicted molar refractivity (Wildman–Crippen MR) is 72.7 cm³/mol. The molecule has 7 heteroatoms. The Hall–Kier alpha value is -2.44. The number of aromatic amines is 1. The fraction of sp³-hybridized carbons (Fsp3) is 0.333. The highest BCUT2D eigenvalue weighted by atomic mass is 16.3. The van der Waals surface area contributed by atoms with E-state index in [0.717, 1.165) is 0 Å². The molecular formula is C12H17N5O2. The molecule has 102 valence electrons. The number of para-hydroxylation sites is 1. The first-order valence-electron chi connectivity index (χ1n) is 5.91. The van der Waals surface area contributed by atoms with Crippen LogP contribution >= 0.6 is 0 Å². The Balaban J connectivity index is 1.91. The van der Waals surface area contributed by atoms with Crippen molar-refractivity contribution in [2.45, 2.75) is 6.42 Å². The van der Waals surface area contributed by atoms with E-state index >= 15 is 0 Å². The third-order valence-electron chi connectivity index (χ3n) is 2.68. The largest absolute Gasteiger partial charge is 0.504 e. The van der Waals surface area contributed by atoms with Crippen molar-refractivity contribution < 1.29 is 10.2 Å². The monoisotopic (exact) mass is 263 g/mol. The summed E-state index contributed by atoms with van der Waals surface area (Å²) in [4.78, 5) is 4.82. The maximum Gasteiger partial charge on any atom is 0.225 e. The molecule has 0 saturated carbocycles. The standard InChI is InChI=1S/C12H17N5O2/c1-17(2)12-14-11(15-16-12)13-7-6-8-4-3-5-9(18)10(8)19/h3-5,18-19H,6-7H2,1-2H3,(H2,13,14,15,16). The van der Waals surface area contributed by atoms with Crippen molar-refractivity contribution in [3.8, 4) is 11.5 Å². The average Bonchev–Trinajstić information content (AvgIpc) is 2.83. The van der Waals surface area contributed by atoms with Crippen LogP contribution in [0.15, 0.2) is 18.2 Å². The molecule has 0 bridgehead atoms. The SMILES string of the molecule is CN(C)c1nnc(NCCc2cccc(O)c2O)[nH]1. The molecule has 1 aromatic heterocycles. The van der Waals surface area contributed by atoms with Crippen LogP contribution in [-0.2, 0) is 6.42 Å². The second kappa shape index (κ2) is 5.47. The van der Waals surface area contributed by atoms with Crippen molar-refractivity contribution in [1.29, 1.82) is 0 Å². The molecule has 2 aromatic rings. The minimum atomic E-state index is -0.105. The van der Waals surface area contributed by atoms with Gasteiger partial charge >= 0.3 is 0 Å². The van der Waals surface area contributed by atoms with Crippen LogP contribution in [0.4, 0.5) is 11.9 Å². The Morgan fingerprint density at radius 2 is 2.05 bits per heavy atom. The molecule has 0 aliphatic carbocycles. The van der Waals surface area contributed by atoms with Crippen LogP contribution in [-0.4, -0.2) is 46.0 Å². The van der Waals surface area contributed by atoms with Gasteiger partial charge in [0, 0.05) is 20.6 Å². The predicted octanol–water partition coefficient (Wildman–Crippen LogP) is 0.936. The summed E-state index contributed by atoms with van der Waals surface area (Å²) < 4.78 is 0. The van der Waals surface area contributed by atoms with Gasteiger partial charge < -0.3 is 20.4 Å². The highest BCUT2D eigenvalue weighted by Gasteiger charge is 2.06. The summed E-state index contributed by atoms with van der Waals surface area (Å²) in [6.45, 7) is 0.569. The molecule has 0 spiro atoms. The number of benzene rings is 1. The molecule has 19 heavy (non-hydrogen) atoms. The smallest absolute Gasteiger partial charge is 0.225 e. The van der Waals surface area contributed by atoms with E-state index in [9.17, 15) is 10.2 Å². The van der Waals surface area contributed by atoms with Gasteiger partial charge in [-0.1, -0.05) is 12.1 Å². The number of H-pyrrole nitrogens is 1. The summed E-state index contributed by atoms with van der Waals surface area (Å²) in [6.07, 6.45) is 0.568. The number of phenolic OH excluding ortho intramolecular Hbond substituents is 2. The van der Waals surface area contributed by atoms with Gasteiger partial charge in [-0.25, -0.2) is 0 Å². The van der Waals surface area contributed by atoms with Crippen LogP contribution in [0.3, 0.4) is 0 Å². The van der Waals surface area contributed by atoms with Gasteiger partial charge in [-0.2, -0.15) is 0 Å². The molecule has 1 heterocycles. The van der Waals surface area contributed by atoms with Crippen molar-refractivity contribution in [1.82, 2.24) is 15.2 Å². The number of aromatic hydroxyl groups is 2. The van der Waals surface area contributed by atoms with Crippen LogP contribution in [0, 0.1) is 0 Å². The number of nitrogens with zero attached hydrogens (tertiary/aromatic N) is 3. The summed E-state index contributed by atoms with van der Waals surface area (Å²) in [7, 11) is 3.74. The number of nitrogens with one attached hydrogen (secondary N) is 2. The van der Waals surface area contributed by atoms with Gasteiger partial charge in [-0.3, -0.25) is 4.98 Å². The minimum absolute atomic E-state index is 0.0733. The second-order valence-corrected chi connectivity index (χ2v) is 4.35. The second-order valence-electron chi connectivity index (χ2n) is 4.35. The van der Waals surface area contributed by atoms with Crippen LogP contribution in [0.2, 0.25) is 0 Å². The lowest BCUT2D eigenvalue weighted by Gasteiger charge is -2.07. The average molecular weight is 263 g/mol. The lowest BCUT2D eigenvalue weighted by atomic mass is 10.1. The summed E-state index contributed by atoms with van der Waals surface area (Å²) in [5, 5.41) is 30.0. The summed E-state index contributed by atoms with van der Waals surface area (Å²) in [5.74, 6) is 1.06. The quantitative estimate of drug-likeness (QED) is 0.599. The lowest BCUT2D eigenvalue weighted by molar-refractivity contribution is 0.399. The zero-order valence-corrected chi connectivity index (χ0v) is 10.9. The zero-order valence-electron chi connectivity index (χ0n) is 10.9. The third kappa shape index (κ3) is 3.06. The molecule has 2 rings (SSSR count). The van der Waals surface area contributed by atoms with E-state index in [-0.39, 0.29) is 11.5 Å². The third-order valence-corrected chi connectivity index (χ3v) is 2.68. The van der Waals surface area contributed by atoms with Gasteiger partial charge in [0.1, 0.15) is 0 Å². The Kier molecular flexibility index (Phi) is 3.74. The Labute approximate surface area is 110 Å². The number of anilines is 2. The molecule has 0 amide bonds. The van der Waals surface area contributed by atoms with Crippen molar-refractivity contribution >= 4 is 11.9 Å². The topological polar surface area (TPSA) is 97.3 Å². The van der Waals surface area contributed by atoms with Crippen molar-refractivity contribution in [3.05, 3.63) is 23.8 Å². The molecule has 0 fully saturated rings. The summed E-state index contributed by atoms with van der Waals surface area (Å²) in [6, 6.07) is 4.91. The number of hydrogen-bond acceptors (Lipinski definition) is 6. The number of phenols is 2. The summed E-state index contributed by atoms with van der Waals surface area (Å²) in [5.41, 5.74) is 0.680. The van der Waals surface area contributed by atoms with Gasteiger partial charge in [-0.05, 0) is 18.1 Å². The molecule has 0 aliphatic heterocycles. The van der Waals surface area contributed by atoms with Crippen LogP contribution in [0.1, 0.15) is 5.56 Å². The highest BCUT2D eigenvalue weighted by molar-refractivity contribution is 5.44. The fourth-order valence-corrected chi connectivity index (χ4v) is 1.63. The maximum absolute atomic E-state index is 9.65. The zero-order chi connectivity index (χ0) is 13.8. The van der Waals surface area contributed by atoms with E-state index in [2.05, 4.69) is 20.5 Å². The first-order chi connectivity index (χ1) is 9.08. The molecule has 4 N–H and O–H groups in total. The van der Waals surface area contributed by atoms with Crippen molar-refractivity contribution in [2.24, 2.45) is 0 Å². The Bertz CT molecular complexity index is 553. The van der Waals surface area contributed by atoms with Crippen LogP contribution < -0.4 is 10.2 Å². The first kappa shape index (κ1) is 13.0. The number of rotatable bonds is 5. The van der Waals surface area contributed by atoms with E-state index in [0.29, 0.717) is 30.4 Å². The number of aromatic nitrogens is 3. The molecule has 7 nitrogen and oxygen atoms in total. The highest BCUT2D eigenvalue weighted by Crippen LogP contribution is 2.28. The maximum atomic E-state index is 9.65. The molecule has 0 unspecified atom stereocenters. The van der Waals surface area contributed by atoms with E-state index in [1.54, 1.807) is 12.1 Å². The molecule has 0 atom stereocenters. The van der Waals surface area contributed by atoms with E-state index in [1.807, 2.05) is 19.0 Å². The molecule has 0 saturated heterocycles. The Morgan fingerprint density at radius 1 is 1.26 bits per heavy atom. The molecule has 1 aromatic carbocycles. The fourth-order valence-electron chi connectivity index (χ4n) is 1.63. The van der Waals surface area contributed by atoms with Crippen LogP contribution in [0.5, 0.6) is 11.5 Å². The summed E-state index contributed by atoms with van der Waals surface area (Å²) >= 11 is 0. The molecule has 0 aliphatic rings. The number of hydrogen-bond donors (Lipinski definition) is 4. The van der Waals surface area contributed by atoms with Gasteiger partial charge in [0.05, 0.1) is 0 Å². The molecule has 0 radical (unpaired) electrons. The van der Waals surface area contributed by atoms with E-state index in [1.165, 1.54) is 6.07 Å². The van der Waals surface area contributed by atoms with Crippen molar-refractivity contribution in [2.75, 3.05) is 30.9 Å². The first-order valence-corrected chi connectivity index (χ1v) is 5.91. The molecular weight excluding hydrogens is 246 g/mol. The van der Waals surface area contributed by atoms with Crippen molar-refractivity contribution in [3.63, 3.8) is 0 Å². The normalized spacial score (nSPS) is 10.4.